The molecule has 3 heterocycles. The first-order chi connectivity index (χ1) is 13.7. The first-order valence-electron chi connectivity index (χ1n) is 10.4. The second-order valence-electron chi connectivity index (χ2n) is 7.76. The van der Waals surface area contributed by atoms with Crippen LogP contribution in [0.5, 0.6) is 0 Å². The van der Waals surface area contributed by atoms with Gasteiger partial charge in [-0.15, -0.1) is 0 Å². The summed E-state index contributed by atoms with van der Waals surface area (Å²) in [4.78, 5) is 30.1. The summed E-state index contributed by atoms with van der Waals surface area (Å²) in [6.45, 7) is 1.04. The van der Waals surface area contributed by atoms with Crippen molar-refractivity contribution in [2.24, 2.45) is 0 Å². The third-order valence-electron chi connectivity index (χ3n) is 5.73. The molecule has 28 heavy (non-hydrogen) atoms. The lowest BCUT2D eigenvalue weighted by Crippen LogP contribution is -2.36. The van der Waals surface area contributed by atoms with Crippen LogP contribution >= 0.6 is 0 Å². The average Bonchev–Trinajstić information content (AvgIpc) is 3.29. The number of amides is 2. The summed E-state index contributed by atoms with van der Waals surface area (Å²) in [6, 6.07) is 3.81. The zero-order chi connectivity index (χ0) is 19.3. The first-order valence-corrected chi connectivity index (χ1v) is 10.4. The number of aromatic nitrogens is 2. The van der Waals surface area contributed by atoms with E-state index in [-0.39, 0.29) is 17.9 Å². The minimum absolute atomic E-state index is 0.153. The molecule has 1 fully saturated rings. The van der Waals surface area contributed by atoms with E-state index in [1.54, 1.807) is 12.3 Å². The Labute approximate surface area is 164 Å². The second-order valence-corrected chi connectivity index (χ2v) is 7.76. The van der Waals surface area contributed by atoms with Crippen LogP contribution < -0.4 is 10.6 Å². The molecule has 0 radical (unpaired) electrons. The Bertz CT molecular complexity index is 817. The van der Waals surface area contributed by atoms with Crippen LogP contribution in [0.25, 0.3) is 0 Å². The topological polar surface area (TPSA) is 89.2 Å². The summed E-state index contributed by atoms with van der Waals surface area (Å²) < 4.78 is 7.21. The Morgan fingerprint density at radius 3 is 2.68 bits per heavy atom. The number of hydrogen-bond acceptors (Lipinski definition) is 4. The Kier molecular flexibility index (Phi) is 5.78. The number of hydrogen-bond donors (Lipinski definition) is 2. The number of rotatable bonds is 5. The van der Waals surface area contributed by atoms with E-state index in [0.29, 0.717) is 23.8 Å². The zero-order valence-electron chi connectivity index (χ0n) is 16.2. The van der Waals surface area contributed by atoms with Gasteiger partial charge in [-0.3, -0.25) is 9.59 Å². The Morgan fingerprint density at radius 2 is 1.93 bits per heavy atom. The quantitative estimate of drug-likeness (QED) is 0.775. The van der Waals surface area contributed by atoms with Gasteiger partial charge >= 0.3 is 0 Å². The van der Waals surface area contributed by atoms with E-state index in [1.165, 1.54) is 12.8 Å². The number of nitrogens with zero attached hydrogens (tertiary/aromatic N) is 2. The lowest BCUT2D eigenvalue weighted by atomic mass is 10.1. The highest BCUT2D eigenvalue weighted by Gasteiger charge is 2.28. The summed E-state index contributed by atoms with van der Waals surface area (Å²) in [7, 11) is 0. The standard InChI is InChI=1S/C21H28N4O3/c26-20(22-14-16-10-7-13-28-16)18-17-11-5-6-12-25(17)19(24-18)21(27)23-15-8-3-1-2-4-9-15/h7,10,13,15H,1-6,8-9,11-12,14H2,(H,22,26)(H,23,27). The van der Waals surface area contributed by atoms with Gasteiger partial charge in [0.2, 0.25) is 0 Å². The van der Waals surface area contributed by atoms with E-state index >= 15 is 0 Å². The van der Waals surface area contributed by atoms with Crippen molar-refractivity contribution < 1.29 is 14.0 Å². The zero-order valence-corrected chi connectivity index (χ0v) is 16.2. The molecule has 2 aromatic heterocycles. The predicted molar refractivity (Wildman–Crippen MR) is 104 cm³/mol. The smallest absolute Gasteiger partial charge is 0.287 e. The lowest BCUT2D eigenvalue weighted by molar-refractivity contribution is 0.0917. The monoisotopic (exact) mass is 384 g/mol. The van der Waals surface area contributed by atoms with Crippen LogP contribution in [-0.4, -0.2) is 27.4 Å². The molecular formula is C21H28N4O3. The maximum Gasteiger partial charge on any atom is 0.287 e. The highest BCUT2D eigenvalue weighted by molar-refractivity contribution is 5.97. The average molecular weight is 384 g/mol. The lowest BCUT2D eigenvalue weighted by Gasteiger charge is -2.19. The number of carbonyl (C=O) groups is 2. The van der Waals surface area contributed by atoms with Gasteiger partial charge in [0, 0.05) is 12.6 Å². The van der Waals surface area contributed by atoms with Gasteiger partial charge in [-0.25, -0.2) is 4.98 Å². The van der Waals surface area contributed by atoms with Gasteiger partial charge in [-0.05, 0) is 44.2 Å². The number of nitrogens with one attached hydrogen (secondary N) is 2. The van der Waals surface area contributed by atoms with Crippen LogP contribution in [0.3, 0.4) is 0 Å². The minimum atomic E-state index is -0.254. The summed E-state index contributed by atoms with van der Waals surface area (Å²) in [5.74, 6) is 0.658. The van der Waals surface area contributed by atoms with E-state index in [4.69, 9.17) is 4.42 Å². The van der Waals surface area contributed by atoms with Crippen LogP contribution in [0.4, 0.5) is 0 Å². The maximum atomic E-state index is 12.9. The van der Waals surface area contributed by atoms with Crippen molar-refractivity contribution in [1.82, 2.24) is 20.2 Å². The molecule has 1 aliphatic carbocycles. The van der Waals surface area contributed by atoms with E-state index < -0.39 is 0 Å². The summed E-state index contributed by atoms with van der Waals surface area (Å²) in [5, 5.41) is 6.02. The van der Waals surface area contributed by atoms with Crippen molar-refractivity contribution in [3.8, 4) is 0 Å². The van der Waals surface area contributed by atoms with Gasteiger partial charge in [0.15, 0.2) is 5.82 Å². The second kappa shape index (κ2) is 8.63. The van der Waals surface area contributed by atoms with E-state index in [1.807, 2.05) is 10.6 Å². The number of fused-ring (bicyclic) bond motifs is 1. The van der Waals surface area contributed by atoms with Gasteiger partial charge in [-0.1, -0.05) is 25.7 Å². The molecule has 4 rings (SSSR count). The van der Waals surface area contributed by atoms with Crippen molar-refractivity contribution in [1.29, 1.82) is 0 Å². The van der Waals surface area contributed by atoms with Gasteiger partial charge in [0.25, 0.3) is 11.8 Å². The predicted octanol–water partition coefficient (Wildman–Crippen LogP) is 3.20. The molecular weight excluding hydrogens is 356 g/mol. The van der Waals surface area contributed by atoms with Gasteiger partial charge < -0.3 is 19.6 Å². The molecule has 2 amide bonds. The molecule has 7 heteroatoms. The van der Waals surface area contributed by atoms with E-state index in [0.717, 1.165) is 57.2 Å². The largest absolute Gasteiger partial charge is 0.467 e. The van der Waals surface area contributed by atoms with Crippen molar-refractivity contribution in [3.63, 3.8) is 0 Å². The van der Waals surface area contributed by atoms with Crippen molar-refractivity contribution in [2.45, 2.75) is 76.9 Å². The Balaban J connectivity index is 1.50. The van der Waals surface area contributed by atoms with Crippen LogP contribution in [0.15, 0.2) is 22.8 Å². The minimum Gasteiger partial charge on any atom is -0.467 e. The van der Waals surface area contributed by atoms with Crippen molar-refractivity contribution in [3.05, 3.63) is 41.4 Å². The summed E-state index contributed by atoms with van der Waals surface area (Å²) >= 11 is 0. The normalized spacial score (nSPS) is 17.6. The Morgan fingerprint density at radius 1 is 1.11 bits per heavy atom. The highest BCUT2D eigenvalue weighted by Crippen LogP contribution is 2.22. The van der Waals surface area contributed by atoms with Crippen molar-refractivity contribution >= 4 is 11.8 Å². The third kappa shape index (κ3) is 4.13. The highest BCUT2D eigenvalue weighted by atomic mass is 16.3. The molecule has 0 atom stereocenters. The molecule has 2 N–H and O–H groups in total. The van der Waals surface area contributed by atoms with Crippen molar-refractivity contribution in [2.75, 3.05) is 0 Å². The molecule has 0 saturated heterocycles. The number of furan rings is 1. The molecule has 0 unspecified atom stereocenters. The fraction of sp³-hybridized carbons (Fsp3) is 0.571. The van der Waals surface area contributed by atoms with Crippen LogP contribution in [0.2, 0.25) is 0 Å². The fourth-order valence-electron chi connectivity index (χ4n) is 4.24. The molecule has 2 aromatic rings. The SMILES string of the molecule is O=C(NCc1ccco1)c1nc(C(=O)NC2CCCCCC2)n2c1CCCC2. The molecule has 150 valence electrons. The number of carbonyl (C=O) groups excluding carboxylic acids is 2. The third-order valence-corrected chi connectivity index (χ3v) is 5.73. The maximum absolute atomic E-state index is 12.9. The summed E-state index contributed by atoms with van der Waals surface area (Å²) in [5.41, 5.74) is 1.24. The molecule has 7 nitrogen and oxygen atoms in total. The van der Waals surface area contributed by atoms with Crippen LogP contribution in [0.1, 0.15) is 83.9 Å². The number of imidazole rings is 1. The van der Waals surface area contributed by atoms with Gasteiger partial charge in [0.05, 0.1) is 18.5 Å². The van der Waals surface area contributed by atoms with E-state index in [9.17, 15) is 9.59 Å². The van der Waals surface area contributed by atoms with Crippen LogP contribution in [0, 0.1) is 0 Å². The molecule has 0 bridgehead atoms. The molecule has 1 saturated carbocycles. The summed E-state index contributed by atoms with van der Waals surface area (Å²) in [6.07, 6.45) is 11.2. The molecule has 0 aromatic carbocycles. The first kappa shape index (κ1) is 18.8. The van der Waals surface area contributed by atoms with E-state index in [2.05, 4.69) is 15.6 Å². The molecule has 2 aliphatic rings. The Hall–Kier alpha value is -2.57. The van der Waals surface area contributed by atoms with Gasteiger partial charge in [0.1, 0.15) is 11.5 Å². The van der Waals surface area contributed by atoms with Gasteiger partial charge in [-0.2, -0.15) is 0 Å². The molecule has 0 spiro atoms. The van der Waals surface area contributed by atoms with Crippen LogP contribution in [-0.2, 0) is 19.5 Å². The molecule has 1 aliphatic heterocycles. The fourth-order valence-corrected chi connectivity index (χ4v) is 4.24.